The molecule has 0 aliphatic rings. The Bertz CT molecular complexity index is 521. The number of aliphatic hydroxyl groups is 1. The predicted molar refractivity (Wildman–Crippen MR) is 70.7 cm³/mol. The molecule has 18 heavy (non-hydrogen) atoms. The van der Waals surface area contributed by atoms with E-state index in [2.05, 4.69) is 20.9 Å². The smallest absolute Gasteiger partial charge is 0.142 e. The molecular formula is C13H14BrFN2O. The summed E-state index contributed by atoms with van der Waals surface area (Å²) in [7, 11) is 0. The van der Waals surface area contributed by atoms with Crippen LogP contribution in [-0.2, 0) is 6.54 Å². The zero-order valence-corrected chi connectivity index (χ0v) is 11.6. The van der Waals surface area contributed by atoms with Gasteiger partial charge in [-0.05, 0) is 18.6 Å². The number of aromatic nitrogens is 2. The fraction of sp³-hybridized carbons (Fsp3) is 0.308. The van der Waals surface area contributed by atoms with Gasteiger partial charge in [-0.3, -0.25) is 0 Å². The maximum atomic E-state index is 13.8. The lowest BCUT2D eigenvalue weighted by Crippen LogP contribution is -2.11. The van der Waals surface area contributed by atoms with Crippen molar-refractivity contribution in [2.45, 2.75) is 26.0 Å². The van der Waals surface area contributed by atoms with Crippen molar-refractivity contribution >= 4 is 15.9 Å². The standard InChI is InChI=1S/C13H14BrFN2O/c1-2-7-17-8-6-16-13(17)12(18)11-9(14)4-3-5-10(11)15/h3-6,8,12,18H,2,7H2,1H3. The van der Waals surface area contributed by atoms with Crippen LogP contribution in [-0.4, -0.2) is 14.7 Å². The van der Waals surface area contributed by atoms with Gasteiger partial charge >= 0.3 is 0 Å². The number of hydrogen-bond donors (Lipinski definition) is 1. The van der Waals surface area contributed by atoms with Gasteiger partial charge in [-0.1, -0.05) is 28.9 Å². The van der Waals surface area contributed by atoms with E-state index in [9.17, 15) is 9.50 Å². The highest BCUT2D eigenvalue weighted by Crippen LogP contribution is 2.30. The van der Waals surface area contributed by atoms with Crippen molar-refractivity contribution in [3.8, 4) is 0 Å². The van der Waals surface area contributed by atoms with Crippen LogP contribution in [0.15, 0.2) is 35.1 Å². The van der Waals surface area contributed by atoms with E-state index in [0.717, 1.165) is 13.0 Å². The molecule has 5 heteroatoms. The van der Waals surface area contributed by atoms with Crippen LogP contribution >= 0.6 is 15.9 Å². The summed E-state index contributed by atoms with van der Waals surface area (Å²) < 4.78 is 16.2. The summed E-state index contributed by atoms with van der Waals surface area (Å²) in [5, 5.41) is 10.3. The van der Waals surface area contributed by atoms with Crippen molar-refractivity contribution < 1.29 is 9.50 Å². The van der Waals surface area contributed by atoms with Gasteiger partial charge in [0.2, 0.25) is 0 Å². The Morgan fingerprint density at radius 1 is 1.50 bits per heavy atom. The Labute approximate surface area is 113 Å². The molecule has 2 rings (SSSR count). The third kappa shape index (κ3) is 2.47. The minimum Gasteiger partial charge on any atom is -0.380 e. The lowest BCUT2D eigenvalue weighted by Gasteiger charge is -2.15. The number of aryl methyl sites for hydroxylation is 1. The molecule has 0 saturated carbocycles. The summed E-state index contributed by atoms with van der Waals surface area (Å²) in [6.45, 7) is 2.79. The lowest BCUT2D eigenvalue weighted by molar-refractivity contribution is 0.198. The molecule has 96 valence electrons. The minimum absolute atomic E-state index is 0.223. The van der Waals surface area contributed by atoms with Crippen LogP contribution in [0.5, 0.6) is 0 Å². The molecule has 0 aliphatic carbocycles. The first-order valence-electron chi connectivity index (χ1n) is 5.78. The Morgan fingerprint density at radius 3 is 2.94 bits per heavy atom. The molecule has 0 fully saturated rings. The summed E-state index contributed by atoms with van der Waals surface area (Å²) in [5.41, 5.74) is 0.223. The highest BCUT2D eigenvalue weighted by molar-refractivity contribution is 9.10. The summed E-state index contributed by atoms with van der Waals surface area (Å²) in [6, 6.07) is 4.62. The molecule has 0 amide bonds. The van der Waals surface area contributed by atoms with Crippen LogP contribution in [0.25, 0.3) is 0 Å². The zero-order chi connectivity index (χ0) is 13.1. The molecule has 0 saturated heterocycles. The van der Waals surface area contributed by atoms with Gasteiger partial charge in [0.15, 0.2) is 0 Å². The Kier molecular flexibility index (Phi) is 4.14. The van der Waals surface area contributed by atoms with Gasteiger partial charge in [0, 0.05) is 29.0 Å². The first-order chi connectivity index (χ1) is 8.65. The summed E-state index contributed by atoms with van der Waals surface area (Å²) >= 11 is 3.26. The molecular weight excluding hydrogens is 299 g/mol. The number of benzene rings is 1. The van der Waals surface area contributed by atoms with Crippen molar-refractivity contribution in [1.29, 1.82) is 0 Å². The van der Waals surface area contributed by atoms with Gasteiger partial charge in [0.1, 0.15) is 17.7 Å². The average molecular weight is 313 g/mol. The fourth-order valence-electron chi connectivity index (χ4n) is 1.90. The highest BCUT2D eigenvalue weighted by Gasteiger charge is 2.21. The van der Waals surface area contributed by atoms with Crippen LogP contribution in [0.4, 0.5) is 4.39 Å². The van der Waals surface area contributed by atoms with Crippen molar-refractivity contribution in [2.75, 3.05) is 0 Å². The van der Waals surface area contributed by atoms with Crippen LogP contribution in [0.2, 0.25) is 0 Å². The van der Waals surface area contributed by atoms with E-state index in [1.54, 1.807) is 24.5 Å². The Balaban J connectivity index is 2.41. The van der Waals surface area contributed by atoms with Crippen LogP contribution in [0, 0.1) is 5.82 Å². The molecule has 1 N–H and O–H groups in total. The van der Waals surface area contributed by atoms with Crippen LogP contribution < -0.4 is 0 Å². The second-order valence-corrected chi connectivity index (χ2v) is 4.87. The van der Waals surface area contributed by atoms with E-state index >= 15 is 0 Å². The normalized spacial score (nSPS) is 12.7. The van der Waals surface area contributed by atoms with Gasteiger partial charge < -0.3 is 9.67 Å². The average Bonchev–Trinajstić information content (AvgIpc) is 2.77. The van der Waals surface area contributed by atoms with Crippen molar-refractivity contribution in [1.82, 2.24) is 9.55 Å². The SMILES string of the molecule is CCCn1ccnc1C(O)c1c(F)cccc1Br. The van der Waals surface area contributed by atoms with Crippen LogP contribution in [0.3, 0.4) is 0 Å². The molecule has 0 aliphatic heterocycles. The third-order valence-electron chi connectivity index (χ3n) is 2.73. The summed E-state index contributed by atoms with van der Waals surface area (Å²) in [4.78, 5) is 4.12. The first kappa shape index (κ1) is 13.2. The van der Waals surface area contributed by atoms with E-state index in [1.165, 1.54) is 6.07 Å². The van der Waals surface area contributed by atoms with Gasteiger partial charge in [-0.15, -0.1) is 0 Å². The molecule has 0 spiro atoms. The number of hydrogen-bond acceptors (Lipinski definition) is 2. The molecule has 2 aromatic rings. The number of nitrogens with zero attached hydrogens (tertiary/aromatic N) is 2. The summed E-state index contributed by atoms with van der Waals surface area (Å²) in [5.74, 6) is 0.0190. The molecule has 3 nitrogen and oxygen atoms in total. The second-order valence-electron chi connectivity index (χ2n) is 4.02. The predicted octanol–water partition coefficient (Wildman–Crippen LogP) is 3.28. The number of aliphatic hydroxyl groups excluding tert-OH is 1. The van der Waals surface area contributed by atoms with E-state index in [-0.39, 0.29) is 5.56 Å². The van der Waals surface area contributed by atoms with E-state index in [4.69, 9.17) is 0 Å². The molecule has 1 aromatic carbocycles. The molecule has 1 heterocycles. The van der Waals surface area contributed by atoms with Gasteiger partial charge in [-0.25, -0.2) is 9.37 Å². The molecule has 1 unspecified atom stereocenters. The van der Waals surface area contributed by atoms with Gasteiger partial charge in [0.25, 0.3) is 0 Å². The zero-order valence-electron chi connectivity index (χ0n) is 9.98. The second kappa shape index (κ2) is 5.63. The largest absolute Gasteiger partial charge is 0.380 e. The lowest BCUT2D eigenvalue weighted by atomic mass is 10.1. The van der Waals surface area contributed by atoms with Gasteiger partial charge in [0.05, 0.1) is 0 Å². The Morgan fingerprint density at radius 2 is 2.28 bits per heavy atom. The summed E-state index contributed by atoms with van der Waals surface area (Å²) in [6.07, 6.45) is 3.26. The van der Waals surface area contributed by atoms with Crippen LogP contribution in [0.1, 0.15) is 30.8 Å². The number of rotatable bonds is 4. The number of imidazole rings is 1. The quantitative estimate of drug-likeness (QED) is 0.941. The first-order valence-corrected chi connectivity index (χ1v) is 6.57. The van der Waals surface area contributed by atoms with E-state index < -0.39 is 11.9 Å². The topological polar surface area (TPSA) is 38.0 Å². The highest BCUT2D eigenvalue weighted by atomic mass is 79.9. The van der Waals surface area contributed by atoms with Crippen molar-refractivity contribution in [3.63, 3.8) is 0 Å². The molecule has 0 radical (unpaired) electrons. The molecule has 1 atom stereocenters. The molecule has 1 aromatic heterocycles. The monoisotopic (exact) mass is 312 g/mol. The number of halogens is 2. The fourth-order valence-corrected chi connectivity index (χ4v) is 2.46. The van der Waals surface area contributed by atoms with E-state index in [0.29, 0.717) is 10.3 Å². The maximum Gasteiger partial charge on any atom is 0.142 e. The van der Waals surface area contributed by atoms with Gasteiger partial charge in [-0.2, -0.15) is 0 Å². The van der Waals surface area contributed by atoms with Crippen molar-refractivity contribution in [3.05, 3.63) is 52.3 Å². The third-order valence-corrected chi connectivity index (χ3v) is 3.42. The maximum absolute atomic E-state index is 13.8. The Hall–Kier alpha value is -1.20. The minimum atomic E-state index is -1.07. The van der Waals surface area contributed by atoms with Crippen molar-refractivity contribution in [2.24, 2.45) is 0 Å². The molecule has 0 bridgehead atoms. The van der Waals surface area contributed by atoms with E-state index in [1.807, 2.05) is 11.5 Å².